The van der Waals surface area contributed by atoms with Crippen LogP contribution in [0, 0.1) is 0 Å². The van der Waals surface area contributed by atoms with E-state index >= 15 is 0 Å². The van der Waals surface area contributed by atoms with E-state index in [2.05, 4.69) is 43.5 Å². The molecule has 94 heavy (non-hydrogen) atoms. The number of allylic oxidation sites excluding steroid dienone is 5. The second-order valence-corrected chi connectivity index (χ2v) is 27.5. The maximum absolute atomic E-state index is 13.4. The maximum atomic E-state index is 13.4. The van der Waals surface area contributed by atoms with Crippen LogP contribution < -0.4 is 5.32 Å². The highest BCUT2D eigenvalue weighted by atomic mass is 16.8. The summed E-state index contributed by atoms with van der Waals surface area (Å²) in [4.78, 5) is 13.4. The van der Waals surface area contributed by atoms with Crippen molar-refractivity contribution in [2.45, 2.75) is 407 Å². The summed E-state index contributed by atoms with van der Waals surface area (Å²) in [7, 11) is 0. The zero-order valence-corrected chi connectivity index (χ0v) is 58.7. The van der Waals surface area contributed by atoms with Gasteiger partial charge >= 0.3 is 0 Å². The number of amides is 1. The highest BCUT2D eigenvalue weighted by Crippen LogP contribution is 2.33. The van der Waals surface area contributed by atoms with Crippen LogP contribution in [-0.2, 0) is 33.2 Å². The molecule has 0 radical (unpaired) electrons. The minimum absolute atomic E-state index is 0.247. The number of nitrogens with one attached hydrogen (secondary N) is 1. The number of aliphatic hydroxyl groups is 11. The zero-order chi connectivity index (χ0) is 68.2. The lowest BCUT2D eigenvalue weighted by atomic mass is 9.96. The molecule has 1 amide bonds. The summed E-state index contributed by atoms with van der Waals surface area (Å²) in [6.07, 6.45) is 41.5. The van der Waals surface area contributed by atoms with Gasteiger partial charge in [-0.25, -0.2) is 0 Å². The zero-order valence-electron chi connectivity index (χ0n) is 58.7. The van der Waals surface area contributed by atoms with Gasteiger partial charge in [0.1, 0.15) is 73.2 Å². The van der Waals surface area contributed by atoms with Gasteiger partial charge in [0.05, 0.1) is 38.6 Å². The van der Waals surface area contributed by atoms with Crippen LogP contribution in [-0.4, -0.2) is 193 Å². The van der Waals surface area contributed by atoms with Gasteiger partial charge in [0, 0.05) is 6.42 Å². The van der Waals surface area contributed by atoms with Crippen LogP contribution in [0.15, 0.2) is 36.5 Å². The fourth-order valence-corrected chi connectivity index (χ4v) is 13.0. The molecule has 0 aromatic rings. The topological polar surface area (TPSA) is 307 Å². The molecule has 0 aromatic heterocycles. The largest absolute Gasteiger partial charge is 0.394 e. The summed E-state index contributed by atoms with van der Waals surface area (Å²) in [6.45, 7) is 1.74. The van der Waals surface area contributed by atoms with Crippen molar-refractivity contribution in [1.29, 1.82) is 0 Å². The number of aliphatic hydroxyl groups excluding tert-OH is 11. The van der Waals surface area contributed by atoms with E-state index in [0.717, 1.165) is 51.4 Å². The smallest absolute Gasteiger partial charge is 0.220 e. The quantitative estimate of drug-likeness (QED) is 0.0199. The third kappa shape index (κ3) is 37.4. The standard InChI is InChI=1S/C75H139NO18/c1-3-5-7-9-11-13-15-17-19-20-21-22-23-24-25-26-27-28-29-30-31-32-33-34-35-36-37-38-39-41-43-45-47-49-51-53-63(81)76-58(59(80)52-50-48-46-44-42-40-18-16-14-12-10-8-6-4-2)57-89-73-69(87)66(84)71(61(55-78)91-73)94-75-70(88)67(85)72(62(56-79)92-75)93-74-68(86)65(83)64(82)60(54-77)90-74/h15,17,20-21,50,52,58-62,64-75,77-80,82-88H,3-14,16,18-19,22-49,51,53-57H2,1-2H3,(H,76,81)/b17-15-,21-20-,52-50+. The van der Waals surface area contributed by atoms with Gasteiger partial charge in [-0.15, -0.1) is 0 Å². The van der Waals surface area contributed by atoms with Crippen molar-refractivity contribution < 1.29 is 89.4 Å². The van der Waals surface area contributed by atoms with Crippen molar-refractivity contribution in [2.24, 2.45) is 0 Å². The van der Waals surface area contributed by atoms with E-state index in [1.54, 1.807) is 6.08 Å². The van der Waals surface area contributed by atoms with Gasteiger partial charge in [-0.3, -0.25) is 4.79 Å². The van der Waals surface area contributed by atoms with E-state index in [4.69, 9.17) is 28.4 Å². The summed E-state index contributed by atoms with van der Waals surface area (Å²) in [5, 5.41) is 121. The Hall–Kier alpha value is -1.99. The number of hydrogen-bond acceptors (Lipinski definition) is 18. The molecule has 3 heterocycles. The molecule has 12 N–H and O–H groups in total. The summed E-state index contributed by atoms with van der Waals surface area (Å²) in [5.41, 5.74) is 0. The second-order valence-electron chi connectivity index (χ2n) is 27.5. The molecule has 3 rings (SSSR count). The van der Waals surface area contributed by atoms with Crippen LogP contribution in [0.3, 0.4) is 0 Å². The molecular weight excluding hydrogens is 1200 g/mol. The number of carbonyl (C=O) groups excluding carboxylic acids is 1. The van der Waals surface area contributed by atoms with E-state index in [0.29, 0.717) is 6.42 Å². The average molecular weight is 1340 g/mol. The van der Waals surface area contributed by atoms with Gasteiger partial charge in [0.25, 0.3) is 0 Å². The Morgan fingerprint density at radius 2 is 0.702 bits per heavy atom. The van der Waals surface area contributed by atoms with Gasteiger partial charge in [-0.2, -0.15) is 0 Å². The molecule has 19 heteroatoms. The average Bonchev–Trinajstić information content (AvgIpc) is 0.792. The number of carbonyl (C=O) groups is 1. The second kappa shape index (κ2) is 56.7. The van der Waals surface area contributed by atoms with E-state index in [9.17, 15) is 61.0 Å². The van der Waals surface area contributed by atoms with Gasteiger partial charge in [0.15, 0.2) is 18.9 Å². The lowest BCUT2D eigenvalue weighted by Gasteiger charge is -2.48. The molecule has 0 spiro atoms. The summed E-state index contributed by atoms with van der Waals surface area (Å²) in [6, 6.07) is -0.971. The van der Waals surface area contributed by atoms with Crippen LogP contribution in [0.1, 0.15) is 303 Å². The van der Waals surface area contributed by atoms with Gasteiger partial charge < -0.3 is 89.9 Å². The molecule has 0 aliphatic carbocycles. The third-order valence-corrected chi connectivity index (χ3v) is 19.2. The molecule has 17 unspecified atom stereocenters. The first-order valence-electron chi connectivity index (χ1n) is 38.2. The molecule has 552 valence electrons. The Labute approximate surface area is 568 Å². The summed E-state index contributed by atoms with van der Waals surface area (Å²) in [5.74, 6) is -0.271. The Bertz CT molecular complexity index is 1840. The van der Waals surface area contributed by atoms with Crippen molar-refractivity contribution in [3.05, 3.63) is 36.5 Å². The molecule has 3 aliphatic heterocycles. The van der Waals surface area contributed by atoms with E-state index in [-0.39, 0.29) is 18.9 Å². The first-order chi connectivity index (χ1) is 45.8. The number of hydrogen-bond donors (Lipinski definition) is 12. The van der Waals surface area contributed by atoms with Crippen molar-refractivity contribution >= 4 is 5.91 Å². The molecule has 0 saturated carbocycles. The van der Waals surface area contributed by atoms with E-state index in [1.807, 2.05) is 6.08 Å². The number of ether oxygens (including phenoxy) is 6. The monoisotopic (exact) mass is 1340 g/mol. The lowest BCUT2D eigenvalue weighted by Crippen LogP contribution is -2.66. The van der Waals surface area contributed by atoms with Crippen LogP contribution in [0.25, 0.3) is 0 Å². The Kier molecular flexibility index (Phi) is 52.0. The Balaban J connectivity index is 1.32. The first-order valence-corrected chi connectivity index (χ1v) is 38.2. The van der Waals surface area contributed by atoms with Crippen LogP contribution in [0.4, 0.5) is 0 Å². The fraction of sp³-hybridized carbons (Fsp3) is 0.907. The van der Waals surface area contributed by atoms with Crippen LogP contribution >= 0.6 is 0 Å². The predicted octanol–water partition coefficient (Wildman–Crippen LogP) is 11.6. The fourth-order valence-electron chi connectivity index (χ4n) is 13.0. The SMILES string of the molecule is CCCCCCC/C=C\C/C=C\CCCCCCCCCCCCCCCCCCCCCCCCCC(=O)NC(COC1OC(CO)C(OC2OC(CO)C(OC3OC(CO)C(O)C(O)C3O)C(O)C2O)C(O)C1O)C(O)/C=C/CCCCCCCCCCCCCC. The van der Waals surface area contributed by atoms with Gasteiger partial charge in [0.2, 0.25) is 5.91 Å². The van der Waals surface area contributed by atoms with E-state index < -0.39 is 124 Å². The van der Waals surface area contributed by atoms with Gasteiger partial charge in [-0.1, -0.05) is 281 Å². The van der Waals surface area contributed by atoms with Crippen molar-refractivity contribution in [3.63, 3.8) is 0 Å². The summed E-state index contributed by atoms with van der Waals surface area (Å²) >= 11 is 0. The van der Waals surface area contributed by atoms with Crippen LogP contribution in [0.2, 0.25) is 0 Å². The van der Waals surface area contributed by atoms with Crippen molar-refractivity contribution in [3.8, 4) is 0 Å². The lowest BCUT2D eigenvalue weighted by molar-refractivity contribution is -0.379. The van der Waals surface area contributed by atoms with Crippen molar-refractivity contribution in [2.75, 3.05) is 26.4 Å². The Morgan fingerprint density at radius 1 is 0.383 bits per heavy atom. The molecule has 3 aliphatic rings. The molecule has 3 fully saturated rings. The molecule has 0 aromatic carbocycles. The normalized spacial score (nSPS) is 27.5. The number of unbranched alkanes of at least 4 members (excludes halogenated alkanes) is 40. The highest BCUT2D eigenvalue weighted by Gasteiger charge is 2.53. The van der Waals surface area contributed by atoms with Gasteiger partial charge in [-0.05, 0) is 51.4 Å². The van der Waals surface area contributed by atoms with Crippen molar-refractivity contribution in [1.82, 2.24) is 5.32 Å². The molecule has 19 nitrogen and oxygen atoms in total. The molecular formula is C75H139NO18. The molecule has 0 bridgehead atoms. The molecule has 17 atom stereocenters. The predicted molar refractivity (Wildman–Crippen MR) is 369 cm³/mol. The number of rotatable bonds is 60. The maximum Gasteiger partial charge on any atom is 0.220 e. The van der Waals surface area contributed by atoms with E-state index in [1.165, 1.54) is 225 Å². The first kappa shape index (κ1) is 86.2. The third-order valence-electron chi connectivity index (χ3n) is 19.2. The molecule has 3 saturated heterocycles. The minimum atomic E-state index is -1.98. The highest BCUT2D eigenvalue weighted by molar-refractivity contribution is 5.76. The summed E-state index contributed by atoms with van der Waals surface area (Å²) < 4.78 is 34.4. The Morgan fingerprint density at radius 3 is 1.09 bits per heavy atom. The minimum Gasteiger partial charge on any atom is -0.394 e. The van der Waals surface area contributed by atoms with Crippen LogP contribution in [0.5, 0.6) is 0 Å².